The summed E-state index contributed by atoms with van der Waals surface area (Å²) in [5.74, 6) is -0.469. The molecule has 0 bridgehead atoms. The molecule has 0 heterocycles. The van der Waals surface area contributed by atoms with E-state index in [0.29, 0.717) is 10.1 Å². The van der Waals surface area contributed by atoms with Crippen molar-refractivity contribution in [2.24, 2.45) is 0 Å². The lowest BCUT2D eigenvalue weighted by atomic mass is 10.2. The highest BCUT2D eigenvalue weighted by molar-refractivity contribution is 6.38. The molecule has 22 heavy (non-hydrogen) atoms. The summed E-state index contributed by atoms with van der Waals surface area (Å²) in [5, 5.41) is 2.38. The molecule has 0 spiro atoms. The summed E-state index contributed by atoms with van der Waals surface area (Å²) in [6.45, 7) is 0. The molecule has 0 fully saturated rings. The van der Waals surface area contributed by atoms with Gasteiger partial charge in [-0.25, -0.2) is 13.6 Å². The molecule has 8 heteroatoms. The highest BCUT2D eigenvalue weighted by Gasteiger charge is 2.30. The topological polar surface area (TPSA) is 32.3 Å². The Bertz CT molecular complexity index is 656. The monoisotopic (exact) mass is 332 g/mol. The second-order valence-electron chi connectivity index (χ2n) is 4.26. The predicted molar refractivity (Wildman–Crippen MR) is 75.2 cm³/mol. The van der Waals surface area contributed by atoms with Gasteiger partial charge < -0.3 is 5.32 Å². The van der Waals surface area contributed by atoms with Crippen LogP contribution in [0.15, 0.2) is 48.5 Å². The van der Waals surface area contributed by atoms with Crippen molar-refractivity contribution in [2.45, 2.75) is 6.18 Å². The summed E-state index contributed by atoms with van der Waals surface area (Å²) < 4.78 is 50.7. The highest BCUT2D eigenvalue weighted by atomic mass is 35.5. The molecule has 2 aromatic rings. The molecule has 116 valence electrons. The zero-order chi connectivity index (χ0) is 16.3. The molecule has 2 rings (SSSR count). The van der Waals surface area contributed by atoms with Crippen LogP contribution in [0.25, 0.3) is 0 Å². The van der Waals surface area contributed by atoms with Crippen LogP contribution in [-0.2, 0) is 6.18 Å². The number of benzene rings is 2. The average Bonchev–Trinajstić information content (AvgIpc) is 2.48. The van der Waals surface area contributed by atoms with Crippen LogP contribution >= 0.6 is 11.8 Å². The number of alkyl halides is 3. The van der Waals surface area contributed by atoms with Gasteiger partial charge in [-0.15, -0.1) is 0 Å². The smallest absolute Gasteiger partial charge is 0.306 e. The number of halogens is 5. The summed E-state index contributed by atoms with van der Waals surface area (Å²) in [6.07, 6.45) is -4.47. The first-order chi connectivity index (χ1) is 10.3. The Morgan fingerprint density at radius 3 is 2.05 bits per heavy atom. The van der Waals surface area contributed by atoms with Crippen molar-refractivity contribution in [3.05, 3.63) is 59.9 Å². The highest BCUT2D eigenvalue weighted by Crippen LogP contribution is 2.31. The summed E-state index contributed by atoms with van der Waals surface area (Å²) in [4.78, 5) is 11.8. The van der Waals surface area contributed by atoms with E-state index in [1.807, 2.05) is 0 Å². The van der Waals surface area contributed by atoms with Crippen LogP contribution in [0.2, 0.25) is 0 Å². The van der Waals surface area contributed by atoms with Crippen molar-refractivity contribution < 1.29 is 22.4 Å². The Morgan fingerprint density at radius 2 is 1.55 bits per heavy atom. The lowest BCUT2D eigenvalue weighted by molar-refractivity contribution is -0.137. The molecule has 3 nitrogen and oxygen atoms in total. The third-order valence-corrected chi connectivity index (χ3v) is 3.04. The van der Waals surface area contributed by atoms with E-state index >= 15 is 0 Å². The van der Waals surface area contributed by atoms with Crippen LogP contribution in [0.5, 0.6) is 0 Å². The third-order valence-electron chi connectivity index (χ3n) is 2.70. The number of amides is 2. The van der Waals surface area contributed by atoms with Crippen molar-refractivity contribution >= 4 is 29.2 Å². The fraction of sp³-hybridized carbons (Fsp3) is 0.0714. The first kappa shape index (κ1) is 16.1. The van der Waals surface area contributed by atoms with Gasteiger partial charge in [0.25, 0.3) is 0 Å². The fourth-order valence-electron chi connectivity index (χ4n) is 1.60. The van der Waals surface area contributed by atoms with Gasteiger partial charge in [-0.2, -0.15) is 13.2 Å². The van der Waals surface area contributed by atoms with Gasteiger partial charge in [-0.3, -0.25) is 0 Å². The number of nitrogens with zero attached hydrogens (tertiary/aromatic N) is 1. The molecule has 0 aliphatic heterocycles. The van der Waals surface area contributed by atoms with Gasteiger partial charge in [0.05, 0.1) is 11.3 Å². The summed E-state index contributed by atoms with van der Waals surface area (Å²) in [7, 11) is 0. The number of urea groups is 1. The number of anilines is 2. The maximum absolute atomic E-state index is 12.7. The zero-order valence-electron chi connectivity index (χ0n) is 10.9. The van der Waals surface area contributed by atoms with Gasteiger partial charge in [0.15, 0.2) is 0 Å². The van der Waals surface area contributed by atoms with E-state index in [2.05, 4.69) is 5.32 Å². The molecule has 0 aliphatic rings. The number of carbonyl (C=O) groups excluding carboxylic acids is 1. The fourth-order valence-corrected chi connectivity index (χ4v) is 1.76. The molecule has 0 radical (unpaired) electrons. The summed E-state index contributed by atoms with van der Waals surface area (Å²) in [5.41, 5.74) is -0.488. The quantitative estimate of drug-likeness (QED) is 0.606. The second kappa shape index (κ2) is 6.23. The largest absolute Gasteiger partial charge is 0.416 e. The number of hydrogen-bond acceptors (Lipinski definition) is 1. The molecule has 1 N–H and O–H groups in total. The molecule has 0 saturated heterocycles. The van der Waals surface area contributed by atoms with Gasteiger partial charge in [-0.1, -0.05) is 0 Å². The minimum Gasteiger partial charge on any atom is -0.306 e. The van der Waals surface area contributed by atoms with E-state index in [4.69, 9.17) is 11.8 Å². The van der Waals surface area contributed by atoms with Gasteiger partial charge >= 0.3 is 12.2 Å². The maximum Gasteiger partial charge on any atom is 0.416 e. The van der Waals surface area contributed by atoms with Crippen molar-refractivity contribution in [3.63, 3.8) is 0 Å². The standard InChI is InChI=1S/C14H9ClF4N2O/c15-21(12-7-1-9(2-8-12)14(17,18)19)13(22)20-11-5-3-10(16)4-6-11/h1-8H,(H,20,22). The van der Waals surface area contributed by atoms with E-state index in [9.17, 15) is 22.4 Å². The van der Waals surface area contributed by atoms with Gasteiger partial charge in [0, 0.05) is 17.5 Å². The van der Waals surface area contributed by atoms with Crippen LogP contribution < -0.4 is 9.74 Å². The van der Waals surface area contributed by atoms with Crippen LogP contribution in [0.3, 0.4) is 0 Å². The van der Waals surface area contributed by atoms with Crippen LogP contribution in [0.1, 0.15) is 5.56 Å². The lowest BCUT2D eigenvalue weighted by Gasteiger charge is -2.16. The Balaban J connectivity index is 2.08. The number of nitrogens with one attached hydrogen (secondary N) is 1. The molecular formula is C14H9ClF4N2O. The summed E-state index contributed by atoms with van der Waals surface area (Å²) >= 11 is 5.77. The summed E-state index contributed by atoms with van der Waals surface area (Å²) in [6, 6.07) is 7.92. The van der Waals surface area contributed by atoms with Crippen LogP contribution in [-0.4, -0.2) is 6.03 Å². The van der Waals surface area contributed by atoms with Crippen LogP contribution in [0.4, 0.5) is 33.7 Å². The molecule has 2 aromatic carbocycles. The average molecular weight is 333 g/mol. The molecule has 0 aromatic heterocycles. The zero-order valence-corrected chi connectivity index (χ0v) is 11.6. The molecule has 0 aliphatic carbocycles. The minimum atomic E-state index is -4.47. The first-order valence-electron chi connectivity index (χ1n) is 5.97. The molecule has 0 saturated carbocycles. The number of hydrogen-bond donors (Lipinski definition) is 1. The van der Waals surface area contributed by atoms with Gasteiger partial charge in [-0.05, 0) is 48.5 Å². The van der Waals surface area contributed by atoms with Crippen molar-refractivity contribution in [2.75, 3.05) is 9.74 Å². The van der Waals surface area contributed by atoms with E-state index in [-0.39, 0.29) is 5.69 Å². The molecule has 0 atom stereocenters. The Hall–Kier alpha value is -2.28. The second-order valence-corrected chi connectivity index (χ2v) is 4.60. The Kier molecular flexibility index (Phi) is 4.56. The molecular weight excluding hydrogens is 324 g/mol. The molecule has 0 unspecified atom stereocenters. The Labute approximate surface area is 128 Å². The van der Waals surface area contributed by atoms with E-state index in [0.717, 1.165) is 36.4 Å². The van der Waals surface area contributed by atoms with Crippen LogP contribution in [0, 0.1) is 5.82 Å². The minimum absolute atomic E-state index is 0.0641. The predicted octanol–water partition coefficient (Wildman–Crippen LogP) is 5.04. The van der Waals surface area contributed by atoms with Crippen molar-refractivity contribution in [3.8, 4) is 0 Å². The lowest BCUT2D eigenvalue weighted by Crippen LogP contribution is -2.26. The number of rotatable bonds is 2. The van der Waals surface area contributed by atoms with E-state index in [1.54, 1.807) is 0 Å². The van der Waals surface area contributed by atoms with E-state index < -0.39 is 23.6 Å². The SMILES string of the molecule is O=C(Nc1ccc(F)cc1)N(Cl)c1ccc(C(F)(F)F)cc1. The normalized spacial score (nSPS) is 11.1. The number of carbonyl (C=O) groups is 1. The first-order valence-corrected chi connectivity index (χ1v) is 6.31. The third kappa shape index (κ3) is 3.88. The van der Waals surface area contributed by atoms with E-state index in [1.165, 1.54) is 12.1 Å². The molecule has 2 amide bonds. The Morgan fingerprint density at radius 1 is 1.00 bits per heavy atom. The van der Waals surface area contributed by atoms with Gasteiger partial charge in [0.2, 0.25) is 0 Å². The maximum atomic E-state index is 12.7. The van der Waals surface area contributed by atoms with Gasteiger partial charge in [0.1, 0.15) is 5.82 Å². The van der Waals surface area contributed by atoms with Crippen molar-refractivity contribution in [1.29, 1.82) is 0 Å². The van der Waals surface area contributed by atoms with Crippen molar-refractivity contribution in [1.82, 2.24) is 0 Å².